The number of aryl methyl sites for hydroxylation is 2. The summed E-state index contributed by atoms with van der Waals surface area (Å²) in [5, 5.41) is 3.10. The highest BCUT2D eigenvalue weighted by Crippen LogP contribution is 2.27. The van der Waals surface area contributed by atoms with Gasteiger partial charge in [0, 0.05) is 56.4 Å². The molecule has 1 N–H and O–H groups in total. The van der Waals surface area contributed by atoms with Gasteiger partial charge in [0.15, 0.2) is 0 Å². The van der Waals surface area contributed by atoms with Gasteiger partial charge >= 0.3 is 0 Å². The second kappa shape index (κ2) is 9.51. The van der Waals surface area contributed by atoms with E-state index in [0.29, 0.717) is 12.6 Å². The molecule has 7 heteroatoms. The average molecular weight is 409 g/mol. The molecule has 2 aliphatic rings. The minimum Gasteiger partial charge on any atom is -0.356 e. The van der Waals surface area contributed by atoms with Crippen LogP contribution in [-0.2, 0) is 11.3 Å². The number of carbonyl (C=O) groups is 1. The number of rotatable bonds is 5. The first-order chi connectivity index (χ1) is 14.6. The van der Waals surface area contributed by atoms with Crippen LogP contribution in [0.4, 0.5) is 5.82 Å². The van der Waals surface area contributed by atoms with Crippen LogP contribution in [0, 0.1) is 19.8 Å². The van der Waals surface area contributed by atoms with E-state index in [4.69, 9.17) is 0 Å². The third-order valence-corrected chi connectivity index (χ3v) is 6.36. The zero-order valence-electron chi connectivity index (χ0n) is 18.0. The molecule has 0 radical (unpaired) electrons. The fourth-order valence-corrected chi connectivity index (χ4v) is 4.67. The van der Waals surface area contributed by atoms with Crippen LogP contribution < -0.4 is 10.2 Å². The van der Waals surface area contributed by atoms with Gasteiger partial charge in [0.25, 0.3) is 0 Å². The van der Waals surface area contributed by atoms with Crippen molar-refractivity contribution in [2.75, 3.05) is 31.1 Å². The lowest BCUT2D eigenvalue weighted by atomic mass is 9.93. The average Bonchev–Trinajstić information content (AvgIpc) is 2.80. The summed E-state index contributed by atoms with van der Waals surface area (Å²) in [7, 11) is 0. The van der Waals surface area contributed by atoms with Gasteiger partial charge in [-0.1, -0.05) is 6.07 Å². The maximum Gasteiger partial charge on any atom is 0.224 e. The molecule has 0 unspecified atom stereocenters. The smallest absolute Gasteiger partial charge is 0.224 e. The summed E-state index contributed by atoms with van der Waals surface area (Å²) in [5.41, 5.74) is 2.18. The number of amides is 1. The molecule has 0 spiro atoms. The molecule has 1 amide bonds. The van der Waals surface area contributed by atoms with Gasteiger partial charge in [-0.15, -0.1) is 0 Å². The van der Waals surface area contributed by atoms with E-state index >= 15 is 0 Å². The Morgan fingerprint density at radius 3 is 2.77 bits per heavy atom. The Morgan fingerprint density at radius 1 is 1.17 bits per heavy atom. The Bertz CT molecular complexity index is 850. The highest BCUT2D eigenvalue weighted by molar-refractivity contribution is 5.78. The number of piperidine rings is 2. The Morgan fingerprint density at radius 2 is 2.00 bits per heavy atom. The van der Waals surface area contributed by atoms with Crippen molar-refractivity contribution in [2.45, 2.75) is 52.1 Å². The zero-order chi connectivity index (χ0) is 20.9. The molecule has 2 fully saturated rings. The maximum absolute atomic E-state index is 12.7. The molecule has 7 nitrogen and oxygen atoms in total. The fourth-order valence-electron chi connectivity index (χ4n) is 4.67. The predicted molar refractivity (Wildman–Crippen MR) is 117 cm³/mol. The van der Waals surface area contributed by atoms with Crippen molar-refractivity contribution < 1.29 is 4.79 Å². The highest BCUT2D eigenvalue weighted by Gasteiger charge is 2.32. The van der Waals surface area contributed by atoms with Gasteiger partial charge in [-0.2, -0.15) is 0 Å². The van der Waals surface area contributed by atoms with Gasteiger partial charge in [0.05, 0.1) is 5.92 Å². The number of nitrogens with zero attached hydrogens (tertiary/aromatic N) is 5. The van der Waals surface area contributed by atoms with Crippen molar-refractivity contribution >= 4 is 11.7 Å². The summed E-state index contributed by atoms with van der Waals surface area (Å²) in [6, 6.07) is 4.45. The zero-order valence-corrected chi connectivity index (χ0v) is 18.0. The topological polar surface area (TPSA) is 74.2 Å². The lowest BCUT2D eigenvalue weighted by Gasteiger charge is -2.42. The highest BCUT2D eigenvalue weighted by atomic mass is 16.1. The van der Waals surface area contributed by atoms with Gasteiger partial charge in [-0.05, 0) is 57.7 Å². The van der Waals surface area contributed by atoms with Gasteiger partial charge < -0.3 is 10.2 Å². The number of likely N-dealkylation sites (tertiary alicyclic amines) is 1. The molecule has 2 aliphatic heterocycles. The summed E-state index contributed by atoms with van der Waals surface area (Å²) in [6.07, 6.45) is 9.79. The standard InChI is InChI=1S/C23H32N6O/c1-17-13-25-18(2)27-22(17)28-11-7-21(8-12-28)29-10-4-6-20(16-29)23(30)26-15-19-5-3-9-24-14-19/h3,5,9,13-14,20-21H,4,6-8,10-12,15-16H2,1-2H3,(H,26,30)/t20-/m1/s1. The predicted octanol–water partition coefficient (Wildman–Crippen LogP) is 2.49. The second-order valence-corrected chi connectivity index (χ2v) is 8.56. The quantitative estimate of drug-likeness (QED) is 0.819. The van der Waals surface area contributed by atoms with E-state index in [2.05, 4.69) is 37.0 Å². The van der Waals surface area contributed by atoms with E-state index in [1.165, 1.54) is 0 Å². The van der Waals surface area contributed by atoms with E-state index in [0.717, 1.165) is 74.6 Å². The largest absolute Gasteiger partial charge is 0.356 e. The molecule has 30 heavy (non-hydrogen) atoms. The van der Waals surface area contributed by atoms with Gasteiger partial charge in [-0.25, -0.2) is 9.97 Å². The lowest BCUT2D eigenvalue weighted by Crippen LogP contribution is -2.51. The van der Waals surface area contributed by atoms with Crippen LogP contribution >= 0.6 is 0 Å². The van der Waals surface area contributed by atoms with Crippen LogP contribution in [0.2, 0.25) is 0 Å². The van der Waals surface area contributed by atoms with Crippen molar-refractivity contribution in [3.8, 4) is 0 Å². The normalized spacial score (nSPS) is 20.9. The van der Waals surface area contributed by atoms with Gasteiger partial charge in [0.2, 0.25) is 5.91 Å². The van der Waals surface area contributed by atoms with Crippen molar-refractivity contribution in [1.29, 1.82) is 0 Å². The number of hydrogen-bond donors (Lipinski definition) is 1. The number of anilines is 1. The van der Waals surface area contributed by atoms with Gasteiger partial charge in [0.1, 0.15) is 11.6 Å². The monoisotopic (exact) mass is 408 g/mol. The van der Waals surface area contributed by atoms with E-state index in [1.807, 2.05) is 31.5 Å². The molecular weight excluding hydrogens is 376 g/mol. The molecule has 4 rings (SSSR count). The van der Waals surface area contributed by atoms with E-state index in [1.54, 1.807) is 6.20 Å². The molecule has 0 aliphatic carbocycles. The summed E-state index contributed by atoms with van der Waals surface area (Å²) >= 11 is 0. The Labute approximate surface area is 178 Å². The minimum absolute atomic E-state index is 0.0835. The molecule has 2 aromatic rings. The molecule has 0 bridgehead atoms. The molecule has 0 aromatic carbocycles. The molecule has 2 saturated heterocycles. The second-order valence-electron chi connectivity index (χ2n) is 8.56. The summed E-state index contributed by atoms with van der Waals surface area (Å²) in [6.45, 7) is 8.58. The molecule has 1 atom stereocenters. The molecule has 160 valence electrons. The number of carbonyl (C=O) groups excluding carboxylic acids is 1. The molecule has 0 saturated carbocycles. The summed E-state index contributed by atoms with van der Waals surface area (Å²) < 4.78 is 0. The third kappa shape index (κ3) is 4.95. The number of aromatic nitrogens is 3. The Hall–Kier alpha value is -2.54. The molecule has 4 heterocycles. The van der Waals surface area contributed by atoms with Crippen LogP contribution in [0.15, 0.2) is 30.7 Å². The third-order valence-electron chi connectivity index (χ3n) is 6.36. The SMILES string of the molecule is Cc1ncc(C)c(N2CCC(N3CCC[C@@H](C(=O)NCc4cccnc4)C3)CC2)n1. The Kier molecular flexibility index (Phi) is 6.57. The van der Waals surface area contributed by atoms with Crippen LogP contribution in [0.5, 0.6) is 0 Å². The van der Waals surface area contributed by atoms with Crippen LogP contribution in [0.3, 0.4) is 0 Å². The van der Waals surface area contributed by atoms with Crippen LogP contribution in [0.1, 0.15) is 42.6 Å². The lowest BCUT2D eigenvalue weighted by molar-refractivity contribution is -0.127. The van der Waals surface area contributed by atoms with Crippen molar-refractivity contribution in [3.05, 3.63) is 47.7 Å². The van der Waals surface area contributed by atoms with E-state index in [-0.39, 0.29) is 11.8 Å². The number of nitrogens with one attached hydrogen (secondary N) is 1. The maximum atomic E-state index is 12.7. The van der Waals surface area contributed by atoms with E-state index in [9.17, 15) is 4.79 Å². The van der Waals surface area contributed by atoms with Crippen molar-refractivity contribution in [2.24, 2.45) is 5.92 Å². The first kappa shape index (κ1) is 20.7. The number of hydrogen-bond acceptors (Lipinski definition) is 6. The minimum atomic E-state index is 0.0835. The number of pyridine rings is 1. The van der Waals surface area contributed by atoms with Crippen molar-refractivity contribution in [3.63, 3.8) is 0 Å². The van der Waals surface area contributed by atoms with Crippen molar-refractivity contribution in [1.82, 2.24) is 25.2 Å². The fraction of sp³-hybridized carbons (Fsp3) is 0.565. The van der Waals surface area contributed by atoms with Crippen LogP contribution in [0.25, 0.3) is 0 Å². The van der Waals surface area contributed by atoms with Crippen LogP contribution in [-0.4, -0.2) is 58.0 Å². The summed E-state index contributed by atoms with van der Waals surface area (Å²) in [5.74, 6) is 2.16. The first-order valence-corrected chi connectivity index (χ1v) is 11.1. The summed E-state index contributed by atoms with van der Waals surface area (Å²) in [4.78, 5) is 30.7. The van der Waals surface area contributed by atoms with Gasteiger partial charge in [-0.3, -0.25) is 14.7 Å². The molecular formula is C23H32N6O. The Balaban J connectivity index is 1.29. The first-order valence-electron chi connectivity index (χ1n) is 11.1. The van der Waals surface area contributed by atoms with E-state index < -0.39 is 0 Å². The molecule has 2 aromatic heterocycles.